The Morgan fingerprint density at radius 3 is 2.64 bits per heavy atom. The molecule has 4 heteroatoms. The summed E-state index contributed by atoms with van der Waals surface area (Å²) in [5.41, 5.74) is 0.638. The van der Waals surface area contributed by atoms with Crippen molar-refractivity contribution >= 4 is 28.5 Å². The standard InChI is InChI=1S/C7H9IN2O/c1-10(2)7(11)6-3-5(8)4-9-6/h3-4,9H,1-2H3. The predicted octanol–water partition coefficient (Wildman–Crippen LogP) is 1.32. The number of carbonyl (C=O) groups is 1. The van der Waals surface area contributed by atoms with Crippen LogP contribution in [-0.4, -0.2) is 29.9 Å². The Labute approximate surface area is 78.9 Å². The van der Waals surface area contributed by atoms with Gasteiger partial charge in [-0.1, -0.05) is 0 Å². The highest BCUT2D eigenvalue weighted by Gasteiger charge is 2.08. The third-order valence-corrected chi connectivity index (χ3v) is 1.91. The lowest BCUT2D eigenvalue weighted by molar-refractivity contribution is 0.0822. The molecule has 60 valence electrons. The van der Waals surface area contributed by atoms with E-state index in [1.807, 2.05) is 6.07 Å². The van der Waals surface area contributed by atoms with Crippen molar-refractivity contribution in [1.82, 2.24) is 9.88 Å². The number of carbonyl (C=O) groups excluding carboxylic acids is 1. The van der Waals surface area contributed by atoms with E-state index >= 15 is 0 Å². The maximum Gasteiger partial charge on any atom is 0.269 e. The molecule has 0 unspecified atom stereocenters. The molecule has 0 bridgehead atoms. The predicted molar refractivity (Wildman–Crippen MR) is 51.5 cm³/mol. The highest BCUT2D eigenvalue weighted by molar-refractivity contribution is 14.1. The number of nitrogens with zero attached hydrogens (tertiary/aromatic N) is 1. The van der Waals surface area contributed by atoms with E-state index in [1.54, 1.807) is 25.2 Å². The van der Waals surface area contributed by atoms with Gasteiger partial charge in [-0.3, -0.25) is 4.79 Å². The van der Waals surface area contributed by atoms with E-state index < -0.39 is 0 Å². The lowest BCUT2D eigenvalue weighted by Gasteiger charge is -2.07. The summed E-state index contributed by atoms with van der Waals surface area (Å²) in [6.07, 6.45) is 1.80. The minimum absolute atomic E-state index is 0.00733. The lowest BCUT2D eigenvalue weighted by atomic mass is 10.4. The first-order valence-corrected chi connectivity index (χ1v) is 4.24. The van der Waals surface area contributed by atoms with Crippen molar-refractivity contribution in [3.8, 4) is 0 Å². The Bertz CT molecular complexity index is 267. The van der Waals surface area contributed by atoms with Gasteiger partial charge in [0.05, 0.1) is 0 Å². The Morgan fingerprint density at radius 1 is 1.64 bits per heavy atom. The number of H-pyrrole nitrogens is 1. The van der Waals surface area contributed by atoms with Crippen molar-refractivity contribution in [1.29, 1.82) is 0 Å². The first-order valence-electron chi connectivity index (χ1n) is 3.17. The molecule has 1 N–H and O–H groups in total. The zero-order valence-corrected chi connectivity index (χ0v) is 8.55. The molecule has 0 aromatic carbocycles. The number of halogens is 1. The van der Waals surface area contributed by atoms with Crippen LogP contribution in [0, 0.1) is 3.57 Å². The maximum atomic E-state index is 11.2. The van der Waals surface area contributed by atoms with E-state index in [0.29, 0.717) is 5.69 Å². The van der Waals surface area contributed by atoms with Crippen LogP contribution in [-0.2, 0) is 0 Å². The Kier molecular flexibility index (Phi) is 2.53. The fourth-order valence-corrected chi connectivity index (χ4v) is 1.20. The van der Waals surface area contributed by atoms with Crippen LogP contribution in [0.15, 0.2) is 12.3 Å². The third-order valence-electron chi connectivity index (χ3n) is 1.28. The molecule has 0 saturated heterocycles. The highest BCUT2D eigenvalue weighted by atomic mass is 127. The topological polar surface area (TPSA) is 36.1 Å². The van der Waals surface area contributed by atoms with Crippen LogP contribution in [0.1, 0.15) is 10.5 Å². The van der Waals surface area contributed by atoms with E-state index in [0.717, 1.165) is 3.57 Å². The van der Waals surface area contributed by atoms with E-state index in [4.69, 9.17) is 0 Å². The zero-order valence-electron chi connectivity index (χ0n) is 6.39. The Balaban J connectivity index is 2.85. The number of nitrogens with one attached hydrogen (secondary N) is 1. The molecule has 0 aliphatic rings. The van der Waals surface area contributed by atoms with Gasteiger partial charge < -0.3 is 9.88 Å². The van der Waals surface area contributed by atoms with Gasteiger partial charge in [-0.25, -0.2) is 0 Å². The molecule has 1 aromatic heterocycles. The van der Waals surface area contributed by atoms with Gasteiger partial charge in [0.2, 0.25) is 0 Å². The largest absolute Gasteiger partial charge is 0.356 e. The summed E-state index contributed by atoms with van der Waals surface area (Å²) in [4.78, 5) is 15.7. The fraction of sp³-hybridized carbons (Fsp3) is 0.286. The number of aromatic nitrogens is 1. The summed E-state index contributed by atoms with van der Waals surface area (Å²) in [5, 5.41) is 0. The zero-order chi connectivity index (χ0) is 8.43. The molecule has 0 radical (unpaired) electrons. The van der Waals surface area contributed by atoms with Gasteiger partial charge >= 0.3 is 0 Å². The van der Waals surface area contributed by atoms with Crippen molar-refractivity contribution in [3.63, 3.8) is 0 Å². The summed E-state index contributed by atoms with van der Waals surface area (Å²) in [7, 11) is 3.46. The second kappa shape index (κ2) is 3.25. The quantitative estimate of drug-likeness (QED) is 0.763. The van der Waals surface area contributed by atoms with E-state index in [-0.39, 0.29) is 5.91 Å². The second-order valence-electron chi connectivity index (χ2n) is 2.43. The number of hydrogen-bond donors (Lipinski definition) is 1. The summed E-state index contributed by atoms with van der Waals surface area (Å²) < 4.78 is 1.05. The van der Waals surface area contributed by atoms with Crippen LogP contribution >= 0.6 is 22.6 Å². The van der Waals surface area contributed by atoms with Gasteiger partial charge in [-0.05, 0) is 28.7 Å². The van der Waals surface area contributed by atoms with E-state index in [9.17, 15) is 4.79 Å². The molecule has 0 aliphatic heterocycles. The second-order valence-corrected chi connectivity index (χ2v) is 3.68. The molecule has 1 amide bonds. The molecule has 1 heterocycles. The first kappa shape index (κ1) is 8.58. The van der Waals surface area contributed by atoms with Crippen LogP contribution < -0.4 is 0 Å². The van der Waals surface area contributed by atoms with Gasteiger partial charge in [-0.2, -0.15) is 0 Å². The van der Waals surface area contributed by atoms with Crippen molar-refractivity contribution in [2.75, 3.05) is 14.1 Å². The minimum Gasteiger partial charge on any atom is -0.356 e. The lowest BCUT2D eigenvalue weighted by Crippen LogP contribution is -2.21. The van der Waals surface area contributed by atoms with E-state index in [1.165, 1.54) is 0 Å². The smallest absolute Gasteiger partial charge is 0.269 e. The van der Waals surface area contributed by atoms with Gasteiger partial charge in [-0.15, -0.1) is 0 Å². The van der Waals surface area contributed by atoms with Crippen LogP contribution in [0.25, 0.3) is 0 Å². The summed E-state index contributed by atoms with van der Waals surface area (Å²) in [6, 6.07) is 1.82. The van der Waals surface area contributed by atoms with Crippen LogP contribution in [0.3, 0.4) is 0 Å². The summed E-state index contributed by atoms with van der Waals surface area (Å²) in [6.45, 7) is 0. The normalized spacial score (nSPS) is 9.73. The summed E-state index contributed by atoms with van der Waals surface area (Å²) >= 11 is 2.16. The van der Waals surface area contributed by atoms with Crippen LogP contribution in [0.2, 0.25) is 0 Å². The number of rotatable bonds is 1. The summed E-state index contributed by atoms with van der Waals surface area (Å²) in [5.74, 6) is 0.00733. The van der Waals surface area contributed by atoms with Gasteiger partial charge in [0, 0.05) is 23.9 Å². The average molecular weight is 264 g/mol. The SMILES string of the molecule is CN(C)C(=O)c1cc(I)c[nH]1. The molecule has 1 rings (SSSR count). The monoisotopic (exact) mass is 264 g/mol. The van der Waals surface area contributed by atoms with Crippen molar-refractivity contribution in [2.24, 2.45) is 0 Å². The van der Waals surface area contributed by atoms with Gasteiger partial charge in [0.25, 0.3) is 5.91 Å². The highest BCUT2D eigenvalue weighted by Crippen LogP contribution is 2.07. The average Bonchev–Trinajstić information content (AvgIpc) is 2.34. The number of amides is 1. The Morgan fingerprint density at radius 2 is 2.27 bits per heavy atom. The molecule has 0 aliphatic carbocycles. The first-order chi connectivity index (χ1) is 5.11. The van der Waals surface area contributed by atoms with Gasteiger partial charge in [0.15, 0.2) is 0 Å². The molecular formula is C7H9IN2O. The number of aromatic amines is 1. The molecular weight excluding hydrogens is 255 g/mol. The van der Waals surface area contributed by atoms with Crippen LogP contribution in [0.5, 0.6) is 0 Å². The molecule has 11 heavy (non-hydrogen) atoms. The Hall–Kier alpha value is -0.520. The number of hydrogen-bond acceptors (Lipinski definition) is 1. The minimum atomic E-state index is 0.00733. The van der Waals surface area contributed by atoms with Crippen molar-refractivity contribution in [3.05, 3.63) is 21.5 Å². The third kappa shape index (κ3) is 1.95. The van der Waals surface area contributed by atoms with Crippen molar-refractivity contribution in [2.45, 2.75) is 0 Å². The molecule has 0 atom stereocenters. The van der Waals surface area contributed by atoms with Gasteiger partial charge in [0.1, 0.15) is 5.69 Å². The fourth-order valence-electron chi connectivity index (χ4n) is 0.732. The van der Waals surface area contributed by atoms with Crippen molar-refractivity contribution < 1.29 is 4.79 Å². The molecule has 3 nitrogen and oxygen atoms in total. The molecule has 0 fully saturated rings. The van der Waals surface area contributed by atoms with E-state index in [2.05, 4.69) is 27.6 Å². The molecule has 0 spiro atoms. The molecule has 0 saturated carbocycles. The maximum absolute atomic E-state index is 11.2. The molecule has 1 aromatic rings. The van der Waals surface area contributed by atoms with Crippen LogP contribution in [0.4, 0.5) is 0 Å².